The van der Waals surface area contributed by atoms with Gasteiger partial charge in [-0.2, -0.15) is 5.26 Å². The number of halogens is 1. The number of rotatable bonds is 2. The number of nitriles is 1. The van der Waals surface area contributed by atoms with E-state index in [1.165, 1.54) is 0 Å². The number of hydrogen-bond donors (Lipinski definition) is 1. The van der Waals surface area contributed by atoms with Crippen molar-refractivity contribution in [1.29, 1.82) is 5.26 Å². The number of hydrogen-bond acceptors (Lipinski definition) is 5. The first-order valence-electron chi connectivity index (χ1n) is 7.60. The maximum absolute atomic E-state index is 12.7. The molecule has 0 bridgehead atoms. The van der Waals surface area contributed by atoms with E-state index in [4.69, 9.17) is 10.00 Å². The summed E-state index contributed by atoms with van der Waals surface area (Å²) in [5.41, 5.74) is 0.341. The minimum Gasteiger partial charge on any atom is -0.443 e. The Morgan fingerprint density at radius 1 is 1.57 bits per heavy atom. The lowest BCUT2D eigenvalue weighted by molar-refractivity contribution is 0.0560. The Morgan fingerprint density at radius 3 is 2.83 bits per heavy atom. The SMILES string of the molecule is CC(C)(C)OC(=O)N(c1cnc(C#N)c(Br)c1)C1CCCNC1. The summed E-state index contributed by atoms with van der Waals surface area (Å²) < 4.78 is 6.12. The van der Waals surface area contributed by atoms with Crippen molar-refractivity contribution >= 4 is 27.7 Å². The first-order valence-corrected chi connectivity index (χ1v) is 8.39. The number of ether oxygens (including phenoxy) is 1. The van der Waals surface area contributed by atoms with Gasteiger partial charge in [0.05, 0.1) is 22.4 Å². The molecular formula is C16H21BrN4O2. The third kappa shape index (κ3) is 4.66. The lowest BCUT2D eigenvalue weighted by Crippen LogP contribution is -2.50. The predicted octanol–water partition coefficient (Wildman–Crippen LogP) is 3.21. The fourth-order valence-electron chi connectivity index (χ4n) is 2.47. The molecule has 1 amide bonds. The highest BCUT2D eigenvalue weighted by atomic mass is 79.9. The van der Waals surface area contributed by atoms with Gasteiger partial charge in [-0.3, -0.25) is 4.90 Å². The molecule has 1 aliphatic rings. The molecule has 23 heavy (non-hydrogen) atoms. The summed E-state index contributed by atoms with van der Waals surface area (Å²) in [4.78, 5) is 18.4. The summed E-state index contributed by atoms with van der Waals surface area (Å²) in [6.45, 7) is 7.18. The molecule has 0 aromatic carbocycles. The number of nitrogens with zero attached hydrogens (tertiary/aromatic N) is 3. The number of carbonyl (C=O) groups is 1. The van der Waals surface area contributed by atoms with Crippen molar-refractivity contribution in [2.75, 3.05) is 18.0 Å². The number of nitrogens with one attached hydrogen (secondary N) is 1. The molecule has 0 spiro atoms. The van der Waals surface area contributed by atoms with E-state index in [0.717, 1.165) is 19.4 Å². The van der Waals surface area contributed by atoms with Crippen LogP contribution in [0.2, 0.25) is 0 Å². The zero-order valence-electron chi connectivity index (χ0n) is 13.6. The molecule has 1 unspecified atom stereocenters. The molecule has 1 saturated heterocycles. The normalized spacial score (nSPS) is 18.1. The molecule has 2 rings (SSSR count). The van der Waals surface area contributed by atoms with Crippen molar-refractivity contribution in [1.82, 2.24) is 10.3 Å². The molecule has 124 valence electrons. The van der Waals surface area contributed by atoms with Gasteiger partial charge in [0.1, 0.15) is 11.7 Å². The van der Waals surface area contributed by atoms with E-state index in [-0.39, 0.29) is 6.04 Å². The van der Waals surface area contributed by atoms with E-state index in [1.54, 1.807) is 17.2 Å². The van der Waals surface area contributed by atoms with E-state index in [2.05, 4.69) is 26.2 Å². The molecule has 0 aliphatic carbocycles. The first kappa shape index (κ1) is 17.7. The molecule has 7 heteroatoms. The van der Waals surface area contributed by atoms with Crippen LogP contribution in [-0.2, 0) is 4.74 Å². The fourth-order valence-corrected chi connectivity index (χ4v) is 2.90. The minimum absolute atomic E-state index is 0.000218. The van der Waals surface area contributed by atoms with Gasteiger partial charge in [-0.1, -0.05) is 0 Å². The van der Waals surface area contributed by atoms with Crippen molar-refractivity contribution in [2.45, 2.75) is 45.3 Å². The Balaban J connectivity index is 2.34. The third-order valence-electron chi connectivity index (χ3n) is 3.44. The maximum Gasteiger partial charge on any atom is 0.415 e. The second-order valence-corrected chi connectivity index (χ2v) is 7.34. The standard InChI is InChI=1S/C16H21BrN4O2/c1-16(2,3)23-15(22)21(11-5-4-6-19-9-11)12-7-13(17)14(8-18)20-10-12/h7,10-11,19H,4-6,9H2,1-3H3. The smallest absolute Gasteiger partial charge is 0.415 e. The fraction of sp³-hybridized carbons (Fsp3) is 0.562. The number of amides is 1. The zero-order chi connectivity index (χ0) is 17.0. The Labute approximate surface area is 145 Å². The molecule has 1 fully saturated rings. The number of aromatic nitrogens is 1. The van der Waals surface area contributed by atoms with Crippen LogP contribution in [0.4, 0.5) is 10.5 Å². The minimum atomic E-state index is -0.575. The van der Waals surface area contributed by atoms with E-state index >= 15 is 0 Å². The lowest BCUT2D eigenvalue weighted by atomic mass is 10.1. The van der Waals surface area contributed by atoms with E-state index in [1.807, 2.05) is 26.8 Å². The highest BCUT2D eigenvalue weighted by Crippen LogP contribution is 2.27. The van der Waals surface area contributed by atoms with Crippen molar-refractivity contribution in [3.63, 3.8) is 0 Å². The van der Waals surface area contributed by atoms with Crippen molar-refractivity contribution in [3.05, 3.63) is 22.4 Å². The quantitative estimate of drug-likeness (QED) is 0.851. The number of piperidine rings is 1. The van der Waals surface area contributed by atoms with Gasteiger partial charge in [-0.05, 0) is 62.2 Å². The van der Waals surface area contributed by atoms with Gasteiger partial charge in [0.15, 0.2) is 5.69 Å². The highest BCUT2D eigenvalue weighted by molar-refractivity contribution is 9.10. The van der Waals surface area contributed by atoms with Gasteiger partial charge in [0.25, 0.3) is 0 Å². The summed E-state index contributed by atoms with van der Waals surface area (Å²) in [5, 5.41) is 12.3. The topological polar surface area (TPSA) is 78.2 Å². The molecule has 0 radical (unpaired) electrons. The van der Waals surface area contributed by atoms with E-state index < -0.39 is 11.7 Å². The molecule has 2 heterocycles. The monoisotopic (exact) mass is 380 g/mol. The summed E-state index contributed by atoms with van der Waals surface area (Å²) in [6, 6.07) is 3.74. The largest absolute Gasteiger partial charge is 0.443 e. The van der Waals surface area contributed by atoms with Crippen LogP contribution in [-0.4, -0.2) is 35.8 Å². The van der Waals surface area contributed by atoms with Crippen LogP contribution in [0.5, 0.6) is 0 Å². The van der Waals surface area contributed by atoms with Crippen LogP contribution in [0.1, 0.15) is 39.3 Å². The van der Waals surface area contributed by atoms with Crippen LogP contribution in [0, 0.1) is 11.3 Å². The molecule has 1 N–H and O–H groups in total. The van der Waals surface area contributed by atoms with Gasteiger partial charge in [-0.25, -0.2) is 9.78 Å². The van der Waals surface area contributed by atoms with Crippen LogP contribution >= 0.6 is 15.9 Å². The van der Waals surface area contributed by atoms with Crippen LogP contribution in [0.15, 0.2) is 16.7 Å². The summed E-state index contributed by atoms with van der Waals surface area (Å²) >= 11 is 3.33. The van der Waals surface area contributed by atoms with Crippen molar-refractivity contribution in [2.24, 2.45) is 0 Å². The zero-order valence-corrected chi connectivity index (χ0v) is 15.2. The first-order chi connectivity index (χ1) is 10.8. The highest BCUT2D eigenvalue weighted by Gasteiger charge is 2.31. The van der Waals surface area contributed by atoms with Gasteiger partial charge < -0.3 is 10.1 Å². The molecule has 1 aliphatic heterocycles. The van der Waals surface area contributed by atoms with Gasteiger partial charge in [0, 0.05) is 6.54 Å². The second-order valence-electron chi connectivity index (χ2n) is 6.49. The predicted molar refractivity (Wildman–Crippen MR) is 91.3 cm³/mol. The average molecular weight is 381 g/mol. The van der Waals surface area contributed by atoms with Crippen LogP contribution in [0.3, 0.4) is 0 Å². The Bertz CT molecular complexity index is 615. The summed E-state index contributed by atoms with van der Waals surface area (Å²) in [7, 11) is 0. The van der Waals surface area contributed by atoms with E-state index in [0.29, 0.717) is 22.4 Å². The molecular weight excluding hydrogens is 360 g/mol. The van der Waals surface area contributed by atoms with Crippen LogP contribution < -0.4 is 10.2 Å². The molecule has 1 atom stereocenters. The number of pyridine rings is 1. The third-order valence-corrected chi connectivity index (χ3v) is 4.04. The van der Waals surface area contributed by atoms with Crippen molar-refractivity contribution < 1.29 is 9.53 Å². The lowest BCUT2D eigenvalue weighted by Gasteiger charge is -2.35. The molecule has 0 saturated carbocycles. The summed E-state index contributed by atoms with van der Waals surface area (Å²) in [6.07, 6.45) is 3.03. The van der Waals surface area contributed by atoms with Crippen molar-refractivity contribution in [3.8, 4) is 6.07 Å². The average Bonchev–Trinajstić information content (AvgIpc) is 2.47. The van der Waals surface area contributed by atoms with Gasteiger partial charge in [-0.15, -0.1) is 0 Å². The summed E-state index contributed by atoms with van der Waals surface area (Å²) in [5.74, 6) is 0. The Morgan fingerprint density at radius 2 is 2.30 bits per heavy atom. The molecule has 1 aromatic heterocycles. The second kappa shape index (κ2) is 7.28. The number of anilines is 1. The van der Waals surface area contributed by atoms with Gasteiger partial charge in [0.2, 0.25) is 0 Å². The maximum atomic E-state index is 12.7. The molecule has 1 aromatic rings. The Hall–Kier alpha value is -1.65. The molecule has 6 nitrogen and oxygen atoms in total. The van der Waals surface area contributed by atoms with E-state index in [9.17, 15) is 4.79 Å². The van der Waals surface area contributed by atoms with Crippen LogP contribution in [0.25, 0.3) is 0 Å². The number of carbonyl (C=O) groups excluding carboxylic acids is 1. The Kier molecular flexibility index (Phi) is 5.60. The van der Waals surface area contributed by atoms with Gasteiger partial charge >= 0.3 is 6.09 Å².